The number of rotatable bonds is 7. The predicted octanol–water partition coefficient (Wildman–Crippen LogP) is 2.80. The lowest BCUT2D eigenvalue weighted by molar-refractivity contribution is 0.0128. The van der Waals surface area contributed by atoms with Crippen molar-refractivity contribution >= 4 is 28.2 Å². The molecule has 1 unspecified atom stereocenters. The maximum absolute atomic E-state index is 12.0. The van der Waals surface area contributed by atoms with Gasteiger partial charge in [0.2, 0.25) is 5.13 Å². The smallest absolute Gasteiger partial charge is 0.259 e. The Bertz CT molecular complexity index is 628. The molecule has 0 spiro atoms. The van der Waals surface area contributed by atoms with Gasteiger partial charge < -0.3 is 10.1 Å². The highest BCUT2D eigenvalue weighted by atomic mass is 32.1. The summed E-state index contributed by atoms with van der Waals surface area (Å²) in [4.78, 5) is 16.3. The molecule has 0 aliphatic carbocycles. The number of hydrogen-bond acceptors (Lipinski definition) is 7. The van der Waals surface area contributed by atoms with Crippen molar-refractivity contribution in [2.75, 3.05) is 17.7 Å². The molecule has 0 saturated carbocycles. The number of nitrogens with one attached hydrogen (secondary N) is 2. The first-order valence-corrected chi connectivity index (χ1v) is 8.13. The molecule has 2 aromatic heterocycles. The molecule has 2 aromatic rings. The lowest BCUT2D eigenvalue weighted by Crippen LogP contribution is -2.31. The summed E-state index contributed by atoms with van der Waals surface area (Å²) in [5, 5.41) is 13.9. The number of ether oxygens (including phenoxy) is 1. The topological polar surface area (TPSA) is 89.0 Å². The van der Waals surface area contributed by atoms with Gasteiger partial charge in [-0.2, -0.15) is 0 Å². The van der Waals surface area contributed by atoms with Crippen molar-refractivity contribution in [3.8, 4) is 0 Å². The summed E-state index contributed by atoms with van der Waals surface area (Å²) in [5.74, 6) is 0.464. The number of hydrogen-bond donors (Lipinski definition) is 2. The zero-order chi connectivity index (χ0) is 16.9. The molecule has 1 amide bonds. The normalized spacial score (nSPS) is 12.7. The molecule has 23 heavy (non-hydrogen) atoms. The van der Waals surface area contributed by atoms with Crippen molar-refractivity contribution in [1.29, 1.82) is 0 Å². The van der Waals surface area contributed by atoms with Crippen LogP contribution < -0.4 is 10.6 Å². The van der Waals surface area contributed by atoms with E-state index in [1.807, 2.05) is 13.8 Å². The van der Waals surface area contributed by atoms with Crippen molar-refractivity contribution < 1.29 is 9.53 Å². The highest BCUT2D eigenvalue weighted by molar-refractivity contribution is 7.13. The van der Waals surface area contributed by atoms with Gasteiger partial charge in [-0.1, -0.05) is 11.3 Å². The van der Waals surface area contributed by atoms with E-state index >= 15 is 0 Å². The third-order valence-corrected chi connectivity index (χ3v) is 3.96. The molecule has 0 aliphatic rings. The summed E-state index contributed by atoms with van der Waals surface area (Å²) in [6.07, 6.45) is 2.37. The van der Waals surface area contributed by atoms with Crippen molar-refractivity contribution in [2.45, 2.75) is 38.8 Å². The minimum Gasteiger partial charge on any atom is -0.379 e. The van der Waals surface area contributed by atoms with Gasteiger partial charge in [0.15, 0.2) is 0 Å². The monoisotopic (exact) mass is 335 g/mol. The predicted molar refractivity (Wildman–Crippen MR) is 90.9 cm³/mol. The van der Waals surface area contributed by atoms with Gasteiger partial charge in [0.1, 0.15) is 11.3 Å². The molecular weight excluding hydrogens is 314 g/mol. The Labute approximate surface area is 139 Å². The number of carbonyl (C=O) groups is 1. The van der Waals surface area contributed by atoms with Gasteiger partial charge in [-0.3, -0.25) is 10.1 Å². The molecule has 0 aromatic carbocycles. The highest BCUT2D eigenvalue weighted by Crippen LogP contribution is 2.18. The molecule has 2 rings (SSSR count). The van der Waals surface area contributed by atoms with Crippen LogP contribution in [0.5, 0.6) is 0 Å². The van der Waals surface area contributed by atoms with E-state index in [2.05, 4.69) is 32.7 Å². The third kappa shape index (κ3) is 5.26. The van der Waals surface area contributed by atoms with Crippen LogP contribution in [0, 0.1) is 0 Å². The molecule has 7 nitrogen and oxygen atoms in total. The Morgan fingerprint density at radius 3 is 2.78 bits per heavy atom. The molecule has 124 valence electrons. The number of amides is 1. The third-order valence-electron chi connectivity index (χ3n) is 3.35. The Hall–Kier alpha value is -2.06. The van der Waals surface area contributed by atoms with E-state index in [4.69, 9.17) is 4.74 Å². The fourth-order valence-electron chi connectivity index (χ4n) is 2.13. The molecule has 0 aliphatic heterocycles. The molecule has 0 radical (unpaired) electrons. The Kier molecular flexibility index (Phi) is 5.62. The zero-order valence-electron chi connectivity index (χ0n) is 13.7. The zero-order valence-corrected chi connectivity index (χ0v) is 14.5. The summed E-state index contributed by atoms with van der Waals surface area (Å²) < 4.78 is 5.42. The van der Waals surface area contributed by atoms with Crippen LogP contribution in [-0.2, 0) is 4.74 Å². The summed E-state index contributed by atoms with van der Waals surface area (Å²) in [7, 11) is 1.70. The number of pyridine rings is 1. The number of methoxy groups -OCH3 is 1. The van der Waals surface area contributed by atoms with Crippen LogP contribution in [0.15, 0.2) is 23.8 Å². The van der Waals surface area contributed by atoms with E-state index in [0.29, 0.717) is 10.7 Å². The Morgan fingerprint density at radius 1 is 1.43 bits per heavy atom. The quantitative estimate of drug-likeness (QED) is 0.809. The first kappa shape index (κ1) is 17.3. The van der Waals surface area contributed by atoms with Crippen LogP contribution in [0.3, 0.4) is 0 Å². The molecule has 0 fully saturated rings. The van der Waals surface area contributed by atoms with E-state index in [1.54, 1.807) is 24.8 Å². The second kappa shape index (κ2) is 7.47. The Balaban J connectivity index is 1.92. The molecule has 2 heterocycles. The summed E-state index contributed by atoms with van der Waals surface area (Å²) in [6, 6.07) is 3.70. The van der Waals surface area contributed by atoms with Crippen molar-refractivity contribution in [1.82, 2.24) is 15.2 Å². The van der Waals surface area contributed by atoms with E-state index < -0.39 is 0 Å². The second-order valence-corrected chi connectivity index (χ2v) is 6.68. The van der Waals surface area contributed by atoms with E-state index in [0.717, 1.165) is 12.2 Å². The first-order valence-electron chi connectivity index (χ1n) is 7.25. The largest absolute Gasteiger partial charge is 0.379 e. The Morgan fingerprint density at radius 2 is 2.22 bits per heavy atom. The van der Waals surface area contributed by atoms with Gasteiger partial charge in [0.05, 0.1) is 11.2 Å². The van der Waals surface area contributed by atoms with Gasteiger partial charge in [0.25, 0.3) is 5.91 Å². The summed E-state index contributed by atoms with van der Waals surface area (Å²) >= 11 is 1.27. The van der Waals surface area contributed by atoms with Crippen LogP contribution >= 0.6 is 11.3 Å². The first-order chi connectivity index (χ1) is 10.9. The van der Waals surface area contributed by atoms with Crippen LogP contribution in [-0.4, -0.2) is 39.8 Å². The minimum atomic E-state index is -0.255. The molecule has 2 N–H and O–H groups in total. The molecule has 0 saturated heterocycles. The van der Waals surface area contributed by atoms with Gasteiger partial charge in [-0.05, 0) is 39.3 Å². The minimum absolute atomic E-state index is 0.193. The fourth-order valence-corrected chi connectivity index (χ4v) is 2.57. The lowest BCUT2D eigenvalue weighted by atomic mass is 10.00. The van der Waals surface area contributed by atoms with Gasteiger partial charge in [0, 0.05) is 19.3 Å². The van der Waals surface area contributed by atoms with Crippen LogP contribution in [0.4, 0.5) is 10.9 Å². The summed E-state index contributed by atoms with van der Waals surface area (Å²) in [6.45, 7) is 6.15. The number of nitrogens with zero attached hydrogens (tertiary/aromatic N) is 3. The molecule has 1 atom stereocenters. The number of carbonyl (C=O) groups excluding carboxylic acids is 1. The SMILES string of the molecule is COC(C)(C)CC(C)Nc1ccc(C(=O)Nc2nncs2)cn1. The van der Waals surface area contributed by atoms with Crippen molar-refractivity contribution in [3.63, 3.8) is 0 Å². The molecular formula is C15H21N5O2S. The van der Waals surface area contributed by atoms with Crippen LogP contribution in [0.25, 0.3) is 0 Å². The average Bonchev–Trinajstić information content (AvgIpc) is 3.00. The maximum Gasteiger partial charge on any atom is 0.259 e. The van der Waals surface area contributed by atoms with Gasteiger partial charge in [-0.25, -0.2) is 4.98 Å². The molecule has 8 heteroatoms. The van der Waals surface area contributed by atoms with Crippen molar-refractivity contribution in [3.05, 3.63) is 29.4 Å². The molecule has 0 bridgehead atoms. The fraction of sp³-hybridized carbons (Fsp3) is 0.467. The van der Waals surface area contributed by atoms with E-state index in [1.165, 1.54) is 17.5 Å². The van der Waals surface area contributed by atoms with Crippen LogP contribution in [0.1, 0.15) is 37.6 Å². The second-order valence-electron chi connectivity index (χ2n) is 5.84. The number of anilines is 2. The maximum atomic E-state index is 12.0. The van der Waals surface area contributed by atoms with Gasteiger partial charge in [-0.15, -0.1) is 10.2 Å². The van der Waals surface area contributed by atoms with Crippen molar-refractivity contribution in [2.24, 2.45) is 0 Å². The van der Waals surface area contributed by atoms with E-state index in [9.17, 15) is 4.79 Å². The van der Waals surface area contributed by atoms with Crippen LogP contribution in [0.2, 0.25) is 0 Å². The number of aromatic nitrogens is 3. The highest BCUT2D eigenvalue weighted by Gasteiger charge is 2.20. The standard InChI is InChI=1S/C15H21N5O2S/c1-10(7-15(2,3)22-4)18-12-6-5-11(8-16-12)13(21)19-14-20-17-9-23-14/h5-6,8-10H,7H2,1-4H3,(H,16,18)(H,19,20,21). The lowest BCUT2D eigenvalue weighted by Gasteiger charge is -2.27. The summed E-state index contributed by atoms with van der Waals surface area (Å²) in [5.41, 5.74) is 1.83. The van der Waals surface area contributed by atoms with E-state index in [-0.39, 0.29) is 17.6 Å². The van der Waals surface area contributed by atoms with Gasteiger partial charge >= 0.3 is 0 Å². The average molecular weight is 335 g/mol.